The second-order valence-corrected chi connectivity index (χ2v) is 8.50. The maximum absolute atomic E-state index is 11.7. The summed E-state index contributed by atoms with van der Waals surface area (Å²) in [6.45, 7) is 6.35. The maximum atomic E-state index is 11.7. The van der Waals surface area contributed by atoms with E-state index in [4.69, 9.17) is 0 Å². The molecule has 1 atom stereocenters. The summed E-state index contributed by atoms with van der Waals surface area (Å²) in [5.74, 6) is 1.85. The van der Waals surface area contributed by atoms with E-state index in [1.165, 1.54) is 0 Å². The minimum absolute atomic E-state index is 0.0265. The Labute approximate surface area is 139 Å². The lowest BCUT2D eigenvalue weighted by Crippen LogP contribution is -2.37. The van der Waals surface area contributed by atoms with Crippen LogP contribution in [0.2, 0.25) is 0 Å². The van der Waals surface area contributed by atoms with Gasteiger partial charge in [-0.25, -0.2) is 13.4 Å². The van der Waals surface area contributed by atoms with E-state index in [0.717, 1.165) is 24.6 Å². The molecule has 1 aromatic heterocycles. The Morgan fingerprint density at radius 2 is 2.09 bits per heavy atom. The fraction of sp³-hybridized carbons (Fsp3) is 0.733. The van der Waals surface area contributed by atoms with E-state index in [-0.39, 0.29) is 17.5 Å². The maximum Gasteiger partial charge on any atom is 0.227 e. The number of rotatable bonds is 7. The first-order chi connectivity index (χ1) is 10.8. The topological polar surface area (TPSA) is 78.4 Å². The van der Waals surface area contributed by atoms with Crippen LogP contribution in [0.15, 0.2) is 6.07 Å². The molecule has 2 heterocycles. The number of sulfone groups is 1. The Morgan fingerprint density at radius 3 is 2.65 bits per heavy atom. The summed E-state index contributed by atoms with van der Waals surface area (Å²) in [6, 6.07) is 1.89. The van der Waals surface area contributed by atoms with Gasteiger partial charge < -0.3 is 15.1 Å². The highest BCUT2D eigenvalue weighted by atomic mass is 32.2. The summed E-state index contributed by atoms with van der Waals surface area (Å²) in [6.07, 6.45) is 0.650. The van der Waals surface area contributed by atoms with Gasteiger partial charge >= 0.3 is 0 Å². The van der Waals surface area contributed by atoms with Crippen LogP contribution in [-0.2, 0) is 9.84 Å². The summed E-state index contributed by atoms with van der Waals surface area (Å²) in [4.78, 5) is 13.2. The summed E-state index contributed by atoms with van der Waals surface area (Å²) < 4.78 is 23.5. The second kappa shape index (κ2) is 7.44. The van der Waals surface area contributed by atoms with Crippen LogP contribution in [0.5, 0.6) is 0 Å². The van der Waals surface area contributed by atoms with Crippen LogP contribution in [0, 0.1) is 6.92 Å². The number of anilines is 2. The number of aromatic nitrogens is 2. The lowest BCUT2D eigenvalue weighted by molar-refractivity contribution is 0.425. The van der Waals surface area contributed by atoms with Gasteiger partial charge in [0, 0.05) is 37.4 Å². The van der Waals surface area contributed by atoms with Gasteiger partial charge in [0.2, 0.25) is 5.95 Å². The van der Waals surface area contributed by atoms with E-state index in [0.29, 0.717) is 18.9 Å². The monoisotopic (exact) mass is 341 g/mol. The summed E-state index contributed by atoms with van der Waals surface area (Å²) in [7, 11) is 1.13. The standard InChI is InChI=1S/C15H27N5O2S/c1-5-20(13-6-9-23(21,22)11-13)15-17-12(2)10-14(18-15)16-7-8-19(3)4/h10,13H,5-9,11H2,1-4H3,(H,16,17,18). The fourth-order valence-electron chi connectivity index (χ4n) is 2.76. The molecule has 1 N–H and O–H groups in total. The average Bonchev–Trinajstić information content (AvgIpc) is 2.79. The molecular formula is C15H27N5O2S. The van der Waals surface area contributed by atoms with Crippen molar-refractivity contribution in [2.45, 2.75) is 26.3 Å². The molecule has 8 heteroatoms. The van der Waals surface area contributed by atoms with Crippen LogP contribution in [0.25, 0.3) is 0 Å². The SMILES string of the molecule is CCN(c1nc(C)cc(NCCN(C)C)n1)C1CCS(=O)(=O)C1. The van der Waals surface area contributed by atoms with Crippen LogP contribution < -0.4 is 10.2 Å². The highest BCUT2D eigenvalue weighted by Gasteiger charge is 2.33. The molecule has 0 aliphatic carbocycles. The highest BCUT2D eigenvalue weighted by molar-refractivity contribution is 7.91. The molecule has 0 aromatic carbocycles. The summed E-state index contributed by atoms with van der Waals surface area (Å²) in [5.41, 5.74) is 0.877. The lowest BCUT2D eigenvalue weighted by Gasteiger charge is -2.27. The second-order valence-electron chi connectivity index (χ2n) is 6.27. The van der Waals surface area contributed by atoms with Crippen molar-refractivity contribution in [3.63, 3.8) is 0 Å². The number of hydrogen-bond donors (Lipinski definition) is 1. The molecule has 0 amide bonds. The molecule has 23 heavy (non-hydrogen) atoms. The first-order valence-corrected chi connectivity index (χ1v) is 9.84. The molecule has 0 saturated carbocycles. The largest absolute Gasteiger partial charge is 0.369 e. The zero-order valence-electron chi connectivity index (χ0n) is 14.4. The Bertz CT molecular complexity index is 633. The van der Waals surface area contributed by atoms with Gasteiger partial charge in [-0.2, -0.15) is 4.98 Å². The minimum Gasteiger partial charge on any atom is -0.369 e. The molecule has 130 valence electrons. The van der Waals surface area contributed by atoms with Gasteiger partial charge in [-0.05, 0) is 34.4 Å². The van der Waals surface area contributed by atoms with Crippen molar-refractivity contribution in [3.05, 3.63) is 11.8 Å². The van der Waals surface area contributed by atoms with Gasteiger partial charge in [-0.15, -0.1) is 0 Å². The van der Waals surface area contributed by atoms with Crippen LogP contribution in [0.1, 0.15) is 19.0 Å². The Hall–Kier alpha value is -1.41. The fourth-order valence-corrected chi connectivity index (χ4v) is 4.49. The van der Waals surface area contributed by atoms with E-state index in [2.05, 4.69) is 20.2 Å². The van der Waals surface area contributed by atoms with Gasteiger partial charge in [0.05, 0.1) is 11.5 Å². The van der Waals surface area contributed by atoms with E-state index in [1.54, 1.807) is 0 Å². The molecule has 0 spiro atoms. The van der Waals surface area contributed by atoms with Gasteiger partial charge in [0.25, 0.3) is 0 Å². The van der Waals surface area contributed by atoms with Crippen LogP contribution in [-0.4, -0.2) is 74.6 Å². The molecule has 1 saturated heterocycles. The first kappa shape index (κ1) is 17.9. The molecule has 1 aromatic rings. The minimum atomic E-state index is -2.92. The summed E-state index contributed by atoms with van der Waals surface area (Å²) >= 11 is 0. The smallest absolute Gasteiger partial charge is 0.227 e. The number of likely N-dealkylation sites (N-methyl/N-ethyl adjacent to an activating group) is 1. The Morgan fingerprint density at radius 1 is 1.35 bits per heavy atom. The van der Waals surface area contributed by atoms with Crippen LogP contribution >= 0.6 is 0 Å². The van der Waals surface area contributed by atoms with Crippen LogP contribution in [0.4, 0.5) is 11.8 Å². The molecule has 1 unspecified atom stereocenters. The average molecular weight is 341 g/mol. The van der Waals surface area contributed by atoms with Gasteiger partial charge in [-0.1, -0.05) is 0 Å². The first-order valence-electron chi connectivity index (χ1n) is 8.02. The molecule has 2 rings (SSSR count). The zero-order chi connectivity index (χ0) is 17.0. The van der Waals surface area contributed by atoms with Crippen molar-refractivity contribution in [3.8, 4) is 0 Å². The predicted molar refractivity (Wildman–Crippen MR) is 93.9 cm³/mol. The molecule has 0 bridgehead atoms. The van der Waals surface area contributed by atoms with Crippen LogP contribution in [0.3, 0.4) is 0 Å². The predicted octanol–water partition coefficient (Wildman–Crippen LogP) is 0.772. The highest BCUT2D eigenvalue weighted by Crippen LogP contribution is 2.23. The molecule has 1 aliphatic heterocycles. The van der Waals surface area contributed by atoms with E-state index < -0.39 is 9.84 Å². The summed E-state index contributed by atoms with van der Waals surface area (Å²) in [5, 5.41) is 3.31. The lowest BCUT2D eigenvalue weighted by atomic mass is 10.2. The van der Waals surface area contributed by atoms with Gasteiger partial charge in [-0.3, -0.25) is 0 Å². The van der Waals surface area contributed by atoms with E-state index in [1.807, 2.05) is 38.9 Å². The third-order valence-electron chi connectivity index (χ3n) is 3.95. The van der Waals surface area contributed by atoms with Gasteiger partial charge in [0.15, 0.2) is 9.84 Å². The van der Waals surface area contributed by atoms with Gasteiger partial charge in [0.1, 0.15) is 5.82 Å². The number of aryl methyl sites for hydroxylation is 1. The van der Waals surface area contributed by atoms with Crippen molar-refractivity contribution in [2.24, 2.45) is 0 Å². The quantitative estimate of drug-likeness (QED) is 0.785. The molecule has 1 aliphatic rings. The van der Waals surface area contributed by atoms with Crippen molar-refractivity contribution >= 4 is 21.6 Å². The zero-order valence-corrected chi connectivity index (χ0v) is 15.2. The van der Waals surface area contributed by atoms with Crippen molar-refractivity contribution in [1.82, 2.24) is 14.9 Å². The van der Waals surface area contributed by atoms with Crippen molar-refractivity contribution in [1.29, 1.82) is 0 Å². The third kappa shape index (κ3) is 5.04. The normalized spacial score (nSPS) is 20.0. The molecule has 1 fully saturated rings. The Kier molecular flexibility index (Phi) is 5.80. The van der Waals surface area contributed by atoms with Crippen molar-refractivity contribution < 1.29 is 8.42 Å². The number of nitrogens with one attached hydrogen (secondary N) is 1. The molecular weight excluding hydrogens is 314 g/mol. The number of nitrogens with zero attached hydrogens (tertiary/aromatic N) is 4. The Balaban J connectivity index is 2.15. The third-order valence-corrected chi connectivity index (χ3v) is 5.70. The van der Waals surface area contributed by atoms with E-state index >= 15 is 0 Å². The number of hydrogen-bond acceptors (Lipinski definition) is 7. The van der Waals surface area contributed by atoms with Crippen molar-refractivity contribution in [2.75, 3.05) is 55.5 Å². The van der Waals surface area contributed by atoms with E-state index in [9.17, 15) is 8.42 Å². The molecule has 0 radical (unpaired) electrons. The molecule has 7 nitrogen and oxygen atoms in total.